The van der Waals surface area contributed by atoms with Gasteiger partial charge in [0.15, 0.2) is 0 Å². The van der Waals surface area contributed by atoms with Crippen LogP contribution in [0.15, 0.2) is 6.20 Å². The number of hydrogen-bond donors (Lipinski definition) is 1. The van der Waals surface area contributed by atoms with Crippen molar-refractivity contribution in [3.05, 3.63) is 16.3 Å². The molecule has 2 heterocycles. The lowest BCUT2D eigenvalue weighted by Gasteiger charge is -2.18. The van der Waals surface area contributed by atoms with E-state index in [2.05, 4.69) is 20.2 Å². The molecule has 0 radical (unpaired) electrons. The highest BCUT2D eigenvalue weighted by Crippen LogP contribution is 2.41. The van der Waals surface area contributed by atoms with E-state index in [-0.39, 0.29) is 10.6 Å². The molecule has 1 saturated heterocycles. The standard InChI is InChI=1S/C13H19N5O2/c1-2-14-13-15-6-11(18(19)20)12(16-13)17-7-9-4-3-5-10(9)8-17/h6,9-10H,2-5,7-8H2,1H3,(H,14,15,16). The molecule has 1 N–H and O–H groups in total. The number of aromatic nitrogens is 2. The smallest absolute Gasteiger partial charge is 0.329 e. The number of anilines is 2. The van der Waals surface area contributed by atoms with Crippen molar-refractivity contribution in [2.45, 2.75) is 26.2 Å². The second kappa shape index (κ2) is 5.22. The SMILES string of the molecule is CCNc1ncc([N+](=O)[O-])c(N2CC3CCCC3C2)n1. The van der Waals surface area contributed by atoms with Gasteiger partial charge in [-0.05, 0) is 31.6 Å². The van der Waals surface area contributed by atoms with Crippen molar-refractivity contribution in [2.75, 3.05) is 29.9 Å². The van der Waals surface area contributed by atoms with Crippen LogP contribution in [0.2, 0.25) is 0 Å². The maximum Gasteiger partial charge on any atom is 0.329 e. The fourth-order valence-corrected chi connectivity index (χ4v) is 3.38. The summed E-state index contributed by atoms with van der Waals surface area (Å²) < 4.78 is 0. The van der Waals surface area contributed by atoms with Crippen molar-refractivity contribution >= 4 is 17.5 Å². The van der Waals surface area contributed by atoms with Crippen molar-refractivity contribution in [1.29, 1.82) is 0 Å². The molecule has 3 rings (SSSR count). The third-order valence-electron chi connectivity index (χ3n) is 4.31. The average Bonchev–Trinajstić information content (AvgIpc) is 2.99. The van der Waals surface area contributed by atoms with Gasteiger partial charge in [-0.15, -0.1) is 0 Å². The lowest BCUT2D eigenvalue weighted by Crippen LogP contribution is -2.23. The molecule has 2 unspecified atom stereocenters. The van der Waals surface area contributed by atoms with Gasteiger partial charge in [-0.25, -0.2) is 4.98 Å². The summed E-state index contributed by atoms with van der Waals surface area (Å²) in [6, 6.07) is 0. The molecule has 0 bridgehead atoms. The highest BCUT2D eigenvalue weighted by atomic mass is 16.6. The van der Waals surface area contributed by atoms with Crippen molar-refractivity contribution in [1.82, 2.24) is 9.97 Å². The molecule has 0 aromatic carbocycles. The average molecular weight is 277 g/mol. The van der Waals surface area contributed by atoms with Crippen molar-refractivity contribution in [3.8, 4) is 0 Å². The molecular weight excluding hydrogens is 258 g/mol. The van der Waals surface area contributed by atoms with Gasteiger partial charge < -0.3 is 10.2 Å². The predicted molar refractivity (Wildman–Crippen MR) is 75.9 cm³/mol. The Hall–Kier alpha value is -1.92. The van der Waals surface area contributed by atoms with E-state index in [9.17, 15) is 10.1 Å². The molecule has 1 aliphatic heterocycles. The van der Waals surface area contributed by atoms with Crippen molar-refractivity contribution < 1.29 is 4.92 Å². The number of hydrogen-bond acceptors (Lipinski definition) is 6. The van der Waals surface area contributed by atoms with Crippen LogP contribution in [0, 0.1) is 22.0 Å². The van der Waals surface area contributed by atoms with E-state index in [1.165, 1.54) is 25.5 Å². The number of fused-ring (bicyclic) bond motifs is 1. The molecule has 108 valence electrons. The zero-order valence-electron chi connectivity index (χ0n) is 11.6. The topological polar surface area (TPSA) is 84.2 Å². The van der Waals surface area contributed by atoms with Crippen LogP contribution in [0.1, 0.15) is 26.2 Å². The molecule has 1 aromatic rings. The summed E-state index contributed by atoms with van der Waals surface area (Å²) in [4.78, 5) is 21.2. The Bertz CT molecular complexity index is 509. The van der Waals surface area contributed by atoms with E-state index in [0.717, 1.165) is 13.1 Å². The minimum absolute atomic E-state index is 0.00614. The van der Waals surface area contributed by atoms with E-state index < -0.39 is 0 Å². The Morgan fingerprint density at radius 1 is 1.45 bits per heavy atom. The van der Waals surface area contributed by atoms with E-state index >= 15 is 0 Å². The first kappa shape index (κ1) is 13.1. The quantitative estimate of drug-likeness (QED) is 0.669. The van der Waals surface area contributed by atoms with Crippen LogP contribution < -0.4 is 10.2 Å². The summed E-state index contributed by atoms with van der Waals surface area (Å²) in [7, 11) is 0. The van der Waals surface area contributed by atoms with Gasteiger partial charge in [0.25, 0.3) is 0 Å². The zero-order valence-corrected chi connectivity index (χ0v) is 11.6. The molecule has 20 heavy (non-hydrogen) atoms. The molecule has 7 heteroatoms. The first-order chi connectivity index (χ1) is 9.69. The Morgan fingerprint density at radius 3 is 2.75 bits per heavy atom. The Kier molecular flexibility index (Phi) is 3.42. The van der Waals surface area contributed by atoms with E-state index in [4.69, 9.17) is 0 Å². The van der Waals surface area contributed by atoms with Crippen LogP contribution in [-0.2, 0) is 0 Å². The van der Waals surface area contributed by atoms with E-state index in [0.29, 0.717) is 30.1 Å². The third kappa shape index (κ3) is 2.28. The van der Waals surface area contributed by atoms with Crippen molar-refractivity contribution in [3.63, 3.8) is 0 Å². The highest BCUT2D eigenvalue weighted by molar-refractivity contribution is 5.59. The minimum atomic E-state index is -0.390. The highest BCUT2D eigenvalue weighted by Gasteiger charge is 2.38. The number of nitrogens with zero attached hydrogens (tertiary/aromatic N) is 4. The molecular formula is C13H19N5O2. The van der Waals surface area contributed by atoms with Gasteiger partial charge in [0.1, 0.15) is 6.20 Å². The van der Waals surface area contributed by atoms with Crippen molar-refractivity contribution in [2.24, 2.45) is 11.8 Å². The first-order valence-corrected chi connectivity index (χ1v) is 7.19. The number of nitrogens with one attached hydrogen (secondary N) is 1. The largest absolute Gasteiger partial charge is 0.354 e. The van der Waals surface area contributed by atoms with Gasteiger partial charge in [-0.3, -0.25) is 10.1 Å². The van der Waals surface area contributed by atoms with Crippen LogP contribution in [0.25, 0.3) is 0 Å². The molecule has 2 atom stereocenters. The van der Waals surface area contributed by atoms with Gasteiger partial charge >= 0.3 is 5.69 Å². The van der Waals surface area contributed by atoms with Crippen LogP contribution >= 0.6 is 0 Å². The molecule has 1 saturated carbocycles. The maximum atomic E-state index is 11.2. The molecule has 7 nitrogen and oxygen atoms in total. The molecule has 2 fully saturated rings. The zero-order chi connectivity index (χ0) is 14.1. The minimum Gasteiger partial charge on any atom is -0.354 e. The van der Waals surface area contributed by atoms with E-state index in [1.54, 1.807) is 0 Å². The summed E-state index contributed by atoms with van der Waals surface area (Å²) in [5, 5.41) is 14.2. The maximum absolute atomic E-state index is 11.2. The summed E-state index contributed by atoms with van der Waals surface area (Å²) in [5.41, 5.74) is 0.00614. The van der Waals surface area contributed by atoms with Crippen LogP contribution in [0.4, 0.5) is 17.5 Å². The van der Waals surface area contributed by atoms with Gasteiger partial charge in [-0.1, -0.05) is 6.42 Å². The summed E-state index contributed by atoms with van der Waals surface area (Å²) in [6.45, 7) is 4.41. The van der Waals surface area contributed by atoms with Crippen LogP contribution in [-0.4, -0.2) is 34.5 Å². The summed E-state index contributed by atoms with van der Waals surface area (Å²) in [6.07, 6.45) is 5.08. The van der Waals surface area contributed by atoms with Gasteiger partial charge in [0.05, 0.1) is 4.92 Å². The summed E-state index contributed by atoms with van der Waals surface area (Å²) in [5.74, 6) is 2.28. The third-order valence-corrected chi connectivity index (χ3v) is 4.31. The molecule has 1 aromatic heterocycles. The van der Waals surface area contributed by atoms with Gasteiger partial charge in [-0.2, -0.15) is 4.98 Å². The molecule has 1 aliphatic carbocycles. The Balaban J connectivity index is 1.90. The molecule has 0 amide bonds. The number of nitro groups is 1. The van der Waals surface area contributed by atoms with Gasteiger partial charge in [0.2, 0.25) is 11.8 Å². The first-order valence-electron chi connectivity index (χ1n) is 7.19. The second-order valence-corrected chi connectivity index (χ2v) is 5.55. The van der Waals surface area contributed by atoms with Crippen LogP contribution in [0.3, 0.4) is 0 Å². The van der Waals surface area contributed by atoms with Crippen LogP contribution in [0.5, 0.6) is 0 Å². The lowest BCUT2D eigenvalue weighted by atomic mass is 10.0. The summed E-state index contributed by atoms with van der Waals surface area (Å²) >= 11 is 0. The monoisotopic (exact) mass is 277 g/mol. The number of rotatable bonds is 4. The predicted octanol–water partition coefficient (Wildman–Crippen LogP) is 2.05. The lowest BCUT2D eigenvalue weighted by molar-refractivity contribution is -0.384. The second-order valence-electron chi connectivity index (χ2n) is 5.55. The fraction of sp³-hybridized carbons (Fsp3) is 0.692. The normalized spacial score (nSPS) is 24.8. The fourth-order valence-electron chi connectivity index (χ4n) is 3.38. The molecule has 2 aliphatic rings. The molecule has 0 spiro atoms. The van der Waals surface area contributed by atoms with E-state index in [1.807, 2.05) is 6.92 Å². The van der Waals surface area contributed by atoms with Gasteiger partial charge in [0, 0.05) is 19.6 Å². The Labute approximate surface area is 117 Å². The Morgan fingerprint density at radius 2 is 2.15 bits per heavy atom.